The minimum Gasteiger partial charge on any atom is -0.508 e. The number of hydrogen-bond donors (Lipinski definition) is 13. The van der Waals surface area contributed by atoms with E-state index in [0.29, 0.717) is 18.4 Å². The first kappa shape index (κ1) is 68.6. The number of nitrogens with one attached hydrogen (secondary N) is 7. The largest absolute Gasteiger partial charge is 0.508 e. The second kappa shape index (κ2) is 31.1. The number of benzene rings is 2. The summed E-state index contributed by atoms with van der Waals surface area (Å²) in [5.74, 6) is -11.7. The molecule has 13 N–H and O–H groups in total. The van der Waals surface area contributed by atoms with Crippen molar-refractivity contribution >= 4 is 75.1 Å². The van der Waals surface area contributed by atoms with Crippen LogP contribution < -0.4 is 37.2 Å². The van der Waals surface area contributed by atoms with Crippen LogP contribution in [0.25, 0.3) is 0 Å². The molecule has 0 aromatic heterocycles. The number of amides is 9. The number of aryl methyl sites for hydroxylation is 1. The average Bonchev–Trinajstić information content (AvgIpc) is 3.51. The topological polar surface area (TPSA) is 392 Å². The van der Waals surface area contributed by atoms with E-state index in [0.717, 1.165) is 15.4 Å². The maximum atomic E-state index is 14.7. The Balaban J connectivity index is 1.72. The molecule has 2 aromatic rings. The second-order valence-electron chi connectivity index (χ2n) is 22.3. The fourth-order valence-electron chi connectivity index (χ4n) is 9.52. The van der Waals surface area contributed by atoms with Gasteiger partial charge >= 0.3 is 5.97 Å². The highest BCUT2D eigenvalue weighted by atomic mass is 79.9. The van der Waals surface area contributed by atoms with Gasteiger partial charge in [-0.2, -0.15) is 0 Å². The highest BCUT2D eigenvalue weighted by molar-refractivity contribution is 9.10. The maximum Gasteiger partial charge on any atom is 0.329 e. The zero-order valence-electron chi connectivity index (χ0n) is 48.4. The van der Waals surface area contributed by atoms with Crippen molar-refractivity contribution in [2.24, 2.45) is 17.8 Å². The van der Waals surface area contributed by atoms with Gasteiger partial charge in [0.1, 0.15) is 78.2 Å². The minimum atomic E-state index is -1.86. The number of aliphatic hydroxyl groups excluding tert-OH is 4. The van der Waals surface area contributed by atoms with Crippen molar-refractivity contribution in [2.45, 2.75) is 186 Å². The number of halogens is 1. The highest BCUT2D eigenvalue weighted by Crippen LogP contribution is 2.28. The monoisotopic (exact) mass is 1230 g/mol. The van der Waals surface area contributed by atoms with Crippen molar-refractivity contribution < 1.29 is 83.3 Å². The number of nitrogens with zero attached hydrogens (tertiary/aromatic N) is 2. The summed E-state index contributed by atoms with van der Waals surface area (Å²) in [6, 6.07) is -3.15. The lowest BCUT2D eigenvalue weighted by Gasteiger charge is -2.43. The van der Waals surface area contributed by atoms with E-state index >= 15 is 0 Å². The van der Waals surface area contributed by atoms with E-state index in [-0.39, 0.29) is 54.0 Å². The van der Waals surface area contributed by atoms with Gasteiger partial charge in [-0.05, 0) is 128 Å². The van der Waals surface area contributed by atoms with Gasteiger partial charge in [-0.15, -0.1) is 0 Å². The third-order valence-electron chi connectivity index (χ3n) is 14.4. The molecule has 0 spiro atoms. The highest BCUT2D eigenvalue weighted by Gasteiger charge is 2.47. The molecule has 26 nitrogen and oxygen atoms in total. The van der Waals surface area contributed by atoms with Gasteiger partial charge in [0, 0.05) is 13.5 Å². The van der Waals surface area contributed by atoms with E-state index in [1.165, 1.54) is 58.2 Å². The van der Waals surface area contributed by atoms with Gasteiger partial charge in [0.25, 0.3) is 5.91 Å². The molecule has 0 aliphatic carbocycles. The smallest absolute Gasteiger partial charge is 0.329 e. The lowest BCUT2D eigenvalue weighted by molar-refractivity contribution is -0.170. The Morgan fingerprint density at radius 1 is 0.771 bits per heavy atom. The van der Waals surface area contributed by atoms with Crippen molar-refractivity contribution in [3.63, 3.8) is 0 Å². The fourth-order valence-corrected chi connectivity index (χ4v) is 9.95. The number of phenols is 2. The quantitative estimate of drug-likeness (QED) is 0.0708. The van der Waals surface area contributed by atoms with Crippen molar-refractivity contribution in [3.8, 4) is 11.5 Å². The Labute approximate surface area is 490 Å². The lowest BCUT2D eigenvalue weighted by Crippen LogP contribution is -2.67. The number of piperidine rings is 1. The average molecular weight is 1230 g/mol. The van der Waals surface area contributed by atoms with Crippen molar-refractivity contribution in [1.29, 1.82) is 0 Å². The molecule has 9 amide bonds. The predicted octanol–water partition coefficient (Wildman–Crippen LogP) is -0.987. The number of esters is 1. The van der Waals surface area contributed by atoms with Gasteiger partial charge in [-0.1, -0.05) is 59.7 Å². The van der Waals surface area contributed by atoms with E-state index in [2.05, 4.69) is 53.1 Å². The Bertz CT molecular complexity index is 2640. The Hall–Kier alpha value is -6.94. The van der Waals surface area contributed by atoms with Gasteiger partial charge in [-0.3, -0.25) is 43.2 Å². The number of aliphatic hydroxyl groups is 4. The zero-order chi connectivity index (χ0) is 62.3. The summed E-state index contributed by atoms with van der Waals surface area (Å²) in [4.78, 5) is 144. The van der Waals surface area contributed by atoms with Gasteiger partial charge < -0.3 is 82.4 Å². The summed E-state index contributed by atoms with van der Waals surface area (Å²) >= 11 is 3.25. The standard InChI is InChI=1S/C56H82BrN9O17/c1-26(2)22-38-49(75)60-37-19-21-42(72)66(54(37)80)46(30(8)68)55(81)65(10)39(24-33-16-20-40(70)35(57)23-33)50(76)63-44(28(5)6)56(82)83-31(9)45(53(79)61-38)64-52(78)43(27(3)4)62-47(73)29(7)58-48(74)36(59-51(77)41(71)25-67)13-11-12-32-14-17-34(69)18-15-32/h14-18,20,23,26-31,36-39,41-46,67-72H,11-13,19,21-22,24-25H2,1-10H3,(H,58,74)(H,59,77)(H,60,75)(H,61,79)(H,62,73)(H,63,76)(H,64,78)/t29-,30+,31+,36-,37-,38-,39-,41+,42+,43-,44-,45-,46-/m0/s1. The molecule has 2 saturated heterocycles. The van der Waals surface area contributed by atoms with Crippen LogP contribution in [0.2, 0.25) is 0 Å². The summed E-state index contributed by atoms with van der Waals surface area (Å²) in [5.41, 5.74) is 1.20. The number of carbonyl (C=O) groups excluding carboxylic acids is 10. The van der Waals surface area contributed by atoms with E-state index in [9.17, 15) is 78.6 Å². The number of ether oxygens (including phenoxy) is 1. The molecule has 0 radical (unpaired) electrons. The van der Waals surface area contributed by atoms with E-state index in [1.807, 2.05) is 0 Å². The van der Waals surface area contributed by atoms with E-state index in [1.54, 1.807) is 53.7 Å². The molecule has 83 heavy (non-hydrogen) atoms. The van der Waals surface area contributed by atoms with E-state index < -0.39 is 156 Å². The molecule has 2 fully saturated rings. The number of aromatic hydroxyl groups is 2. The van der Waals surface area contributed by atoms with Crippen LogP contribution >= 0.6 is 15.9 Å². The molecule has 2 aliphatic heterocycles. The summed E-state index contributed by atoms with van der Waals surface area (Å²) in [6.45, 7) is 12.5. The molecular weight excluding hydrogens is 1150 g/mol. The first-order valence-electron chi connectivity index (χ1n) is 27.7. The molecule has 2 heterocycles. The van der Waals surface area contributed by atoms with Crippen molar-refractivity contribution in [1.82, 2.24) is 47.0 Å². The number of cyclic esters (lactones) is 1. The van der Waals surface area contributed by atoms with Crippen LogP contribution in [0.15, 0.2) is 46.9 Å². The van der Waals surface area contributed by atoms with Gasteiger partial charge in [0.15, 0.2) is 6.10 Å². The van der Waals surface area contributed by atoms with Gasteiger partial charge in [0.2, 0.25) is 47.3 Å². The second-order valence-corrected chi connectivity index (χ2v) is 23.2. The van der Waals surface area contributed by atoms with Crippen LogP contribution in [0.4, 0.5) is 0 Å². The first-order chi connectivity index (χ1) is 38.9. The predicted molar refractivity (Wildman–Crippen MR) is 302 cm³/mol. The maximum absolute atomic E-state index is 14.7. The number of rotatable bonds is 20. The minimum absolute atomic E-state index is 0.00216. The van der Waals surface area contributed by atoms with Crippen molar-refractivity contribution in [3.05, 3.63) is 58.1 Å². The van der Waals surface area contributed by atoms with Crippen LogP contribution in [0.1, 0.15) is 106 Å². The normalized spacial score (nSPS) is 24.2. The third-order valence-corrected chi connectivity index (χ3v) is 15.0. The Morgan fingerprint density at radius 3 is 1.99 bits per heavy atom. The molecule has 27 heteroatoms. The van der Waals surface area contributed by atoms with Crippen LogP contribution in [0.3, 0.4) is 0 Å². The van der Waals surface area contributed by atoms with Crippen LogP contribution in [0.5, 0.6) is 11.5 Å². The Kier molecular flexibility index (Phi) is 25.7. The van der Waals surface area contributed by atoms with Crippen molar-refractivity contribution in [2.75, 3.05) is 13.7 Å². The number of likely N-dealkylation sites (N-methyl/N-ethyl adjacent to an activating group) is 1. The van der Waals surface area contributed by atoms with Gasteiger partial charge in [0.05, 0.1) is 17.2 Å². The first-order valence-corrected chi connectivity index (χ1v) is 28.5. The van der Waals surface area contributed by atoms with E-state index in [4.69, 9.17) is 4.74 Å². The van der Waals surface area contributed by atoms with Crippen LogP contribution in [-0.4, -0.2) is 192 Å². The Morgan fingerprint density at radius 2 is 1.41 bits per heavy atom. The summed E-state index contributed by atoms with van der Waals surface area (Å²) < 4.78 is 6.14. The molecule has 460 valence electrons. The van der Waals surface area contributed by atoms with Gasteiger partial charge in [-0.25, -0.2) is 4.79 Å². The molecule has 2 aromatic carbocycles. The molecule has 13 atom stereocenters. The molecule has 4 rings (SSSR count). The fraction of sp³-hybridized carbons (Fsp3) is 0.607. The molecule has 2 aliphatic rings. The SMILES string of the molecule is CC(C)C[C@@H]1NC(=O)[C@@H](NC(=O)[C@@H](NC(=O)[C@H](C)NC(=O)[C@H](CCCc2ccc(O)cc2)NC(=O)[C@H](O)CO)C(C)C)[C@@H](C)OC(=O)[C@H](C(C)C)NC(=O)[C@H](Cc2ccc(O)c(Br)c2)N(C)C(=O)[C@H]([C@@H](C)O)N2C(=O)[C@H](CC[C@H]2O)NC1=O. The molecular formula is C56H82BrN9O17. The van der Waals surface area contributed by atoms with Crippen LogP contribution in [-0.2, 0) is 65.5 Å². The lowest BCUT2D eigenvalue weighted by atomic mass is 9.96. The number of hydrogen-bond acceptors (Lipinski definition) is 17. The number of fused-ring (bicyclic) bond motifs is 2. The molecule has 2 bridgehead atoms. The zero-order valence-corrected chi connectivity index (χ0v) is 50.0. The number of carbonyl (C=O) groups is 10. The molecule has 0 saturated carbocycles. The molecule has 0 unspecified atom stereocenters. The van der Waals surface area contributed by atoms with Crippen LogP contribution in [0, 0.1) is 17.8 Å². The summed E-state index contributed by atoms with van der Waals surface area (Å²) in [6.07, 6.45) is -6.75. The summed E-state index contributed by atoms with van der Waals surface area (Å²) in [7, 11) is 1.23. The third kappa shape index (κ3) is 19.0. The summed E-state index contributed by atoms with van der Waals surface area (Å²) in [5, 5.41) is 79.7. The number of phenolic OH excluding ortho intramolecular Hbond substituents is 2.